The molecule has 3 rings (SSSR count). The zero-order valence-electron chi connectivity index (χ0n) is 10.3. The van der Waals surface area contributed by atoms with Crippen molar-refractivity contribution in [2.24, 2.45) is 12.8 Å². The third kappa shape index (κ3) is 1.71. The molecule has 0 radical (unpaired) electrons. The van der Waals surface area contributed by atoms with Crippen LogP contribution in [0.5, 0.6) is 0 Å². The molecule has 7 heteroatoms. The molecule has 0 amide bonds. The molecule has 2 aromatic heterocycles. The van der Waals surface area contributed by atoms with E-state index in [0.29, 0.717) is 16.8 Å². The van der Waals surface area contributed by atoms with E-state index >= 15 is 0 Å². The van der Waals surface area contributed by atoms with Gasteiger partial charge in [0.2, 0.25) is 0 Å². The molecule has 3 aromatic rings. The second-order valence-corrected chi connectivity index (χ2v) is 4.37. The molecule has 5 N–H and O–H groups in total. The number of aryl methyl sites for hydroxylation is 1. The molecule has 0 aliphatic carbocycles. The van der Waals surface area contributed by atoms with Crippen molar-refractivity contribution >= 4 is 11.0 Å². The van der Waals surface area contributed by atoms with Crippen LogP contribution in [0.3, 0.4) is 0 Å². The third-order valence-electron chi connectivity index (χ3n) is 3.15. The van der Waals surface area contributed by atoms with Gasteiger partial charge < -0.3 is 15.7 Å². The molecule has 2 heterocycles. The molecule has 0 fully saturated rings. The molecule has 0 unspecified atom stereocenters. The van der Waals surface area contributed by atoms with Gasteiger partial charge in [0.05, 0.1) is 22.3 Å². The number of aromatic amines is 3. The number of rotatable bonds is 2. The number of imidazole rings is 1. The largest absolute Gasteiger partial charge is 0.326 e. The first-order chi connectivity index (χ1) is 9.10. The lowest BCUT2D eigenvalue weighted by Crippen LogP contribution is -2.17. The van der Waals surface area contributed by atoms with Crippen LogP contribution in [-0.2, 0) is 13.6 Å². The van der Waals surface area contributed by atoms with E-state index in [4.69, 9.17) is 5.73 Å². The summed E-state index contributed by atoms with van der Waals surface area (Å²) >= 11 is 0. The maximum atomic E-state index is 11.8. The molecule has 0 atom stereocenters. The normalized spacial score (nSPS) is 11.3. The predicted octanol–water partition coefficient (Wildman–Crippen LogP) is 0.00870. The summed E-state index contributed by atoms with van der Waals surface area (Å²) in [5, 5.41) is 2.97. The molecule has 0 saturated carbocycles. The van der Waals surface area contributed by atoms with Crippen LogP contribution in [0.2, 0.25) is 0 Å². The summed E-state index contributed by atoms with van der Waals surface area (Å²) in [5.74, 6) is 0. The van der Waals surface area contributed by atoms with E-state index in [2.05, 4.69) is 15.1 Å². The quantitative estimate of drug-likeness (QED) is 0.520. The number of benzene rings is 1. The average molecular weight is 259 g/mol. The Balaban J connectivity index is 2.26. The minimum Gasteiger partial charge on any atom is -0.326 e. The van der Waals surface area contributed by atoms with Gasteiger partial charge in [-0.15, -0.1) is 0 Å². The van der Waals surface area contributed by atoms with Crippen LogP contribution < -0.4 is 17.0 Å². The van der Waals surface area contributed by atoms with Crippen LogP contribution >= 0.6 is 0 Å². The molecule has 19 heavy (non-hydrogen) atoms. The van der Waals surface area contributed by atoms with Gasteiger partial charge in [-0.05, 0) is 12.1 Å². The lowest BCUT2D eigenvalue weighted by molar-refractivity contribution is 0.739. The molecule has 1 aromatic carbocycles. The van der Waals surface area contributed by atoms with Gasteiger partial charge in [0, 0.05) is 19.2 Å². The van der Waals surface area contributed by atoms with Gasteiger partial charge in [-0.1, -0.05) is 6.07 Å². The minimum atomic E-state index is -0.257. The van der Waals surface area contributed by atoms with Crippen molar-refractivity contribution in [2.45, 2.75) is 6.54 Å². The highest BCUT2D eigenvalue weighted by Crippen LogP contribution is 2.22. The van der Waals surface area contributed by atoms with Crippen molar-refractivity contribution in [2.75, 3.05) is 0 Å². The first-order valence-electron chi connectivity index (χ1n) is 5.80. The lowest BCUT2D eigenvalue weighted by atomic mass is 10.1. The Morgan fingerprint density at radius 2 is 1.95 bits per heavy atom. The fourth-order valence-electron chi connectivity index (χ4n) is 2.21. The van der Waals surface area contributed by atoms with Crippen molar-refractivity contribution in [1.29, 1.82) is 0 Å². The van der Waals surface area contributed by atoms with E-state index in [1.54, 1.807) is 19.2 Å². The Bertz CT molecular complexity index is 864. The van der Waals surface area contributed by atoms with E-state index in [9.17, 15) is 9.59 Å². The van der Waals surface area contributed by atoms with Gasteiger partial charge in [-0.3, -0.25) is 14.6 Å². The van der Waals surface area contributed by atoms with Crippen molar-refractivity contribution in [3.05, 3.63) is 44.6 Å². The van der Waals surface area contributed by atoms with Crippen molar-refractivity contribution in [1.82, 2.24) is 19.7 Å². The van der Waals surface area contributed by atoms with Gasteiger partial charge >= 0.3 is 5.69 Å². The molecular weight excluding hydrogens is 246 g/mol. The number of H-pyrrole nitrogens is 3. The SMILES string of the molecule is Cn1[nH]c(-c2ccc3[nH]c(=O)[nH]c3c2)c(CN)c1=O. The minimum absolute atomic E-state index is 0.139. The van der Waals surface area contributed by atoms with E-state index in [0.717, 1.165) is 11.1 Å². The summed E-state index contributed by atoms with van der Waals surface area (Å²) in [4.78, 5) is 28.4. The fourth-order valence-corrected chi connectivity index (χ4v) is 2.21. The maximum Gasteiger partial charge on any atom is 0.323 e. The van der Waals surface area contributed by atoms with Gasteiger partial charge in [0.15, 0.2) is 0 Å². The monoisotopic (exact) mass is 259 g/mol. The number of aromatic nitrogens is 4. The van der Waals surface area contributed by atoms with Crippen LogP contribution in [0, 0.1) is 0 Å². The number of fused-ring (bicyclic) bond motifs is 1. The van der Waals surface area contributed by atoms with Gasteiger partial charge in [0.1, 0.15) is 0 Å². The third-order valence-corrected chi connectivity index (χ3v) is 3.15. The Morgan fingerprint density at radius 3 is 2.68 bits per heavy atom. The number of hydrogen-bond acceptors (Lipinski definition) is 3. The van der Waals surface area contributed by atoms with Gasteiger partial charge in [-0.25, -0.2) is 4.79 Å². The summed E-state index contributed by atoms with van der Waals surface area (Å²) in [5.41, 5.74) is 8.65. The predicted molar refractivity (Wildman–Crippen MR) is 71.8 cm³/mol. The smallest absolute Gasteiger partial charge is 0.323 e. The summed E-state index contributed by atoms with van der Waals surface area (Å²) in [6.45, 7) is 0.160. The van der Waals surface area contributed by atoms with E-state index in [1.807, 2.05) is 6.07 Å². The number of nitrogens with zero attached hydrogens (tertiary/aromatic N) is 1. The molecule has 0 spiro atoms. The molecule has 0 aliphatic rings. The zero-order valence-corrected chi connectivity index (χ0v) is 10.3. The first-order valence-corrected chi connectivity index (χ1v) is 5.80. The number of nitrogens with two attached hydrogens (primary N) is 1. The summed E-state index contributed by atoms with van der Waals surface area (Å²) in [6, 6.07) is 5.42. The molecule has 0 bridgehead atoms. The Morgan fingerprint density at radius 1 is 1.21 bits per heavy atom. The van der Waals surface area contributed by atoms with E-state index in [-0.39, 0.29) is 17.8 Å². The standard InChI is InChI=1S/C12H13N5O2/c1-17-11(18)7(5-13)10(16-17)6-2-3-8-9(4-6)15-12(19)14-8/h2-4,16H,5,13H2,1H3,(H2,14,15,19). The Kier molecular flexibility index (Phi) is 2.42. The Hall–Kier alpha value is -2.54. The highest BCUT2D eigenvalue weighted by atomic mass is 16.1. The van der Waals surface area contributed by atoms with Crippen LogP contribution in [0.25, 0.3) is 22.3 Å². The highest BCUT2D eigenvalue weighted by molar-refractivity contribution is 5.81. The molecule has 0 aliphatic heterocycles. The van der Waals surface area contributed by atoms with Gasteiger partial charge in [0.25, 0.3) is 5.56 Å². The van der Waals surface area contributed by atoms with Gasteiger partial charge in [-0.2, -0.15) is 0 Å². The second-order valence-electron chi connectivity index (χ2n) is 4.37. The fraction of sp³-hybridized carbons (Fsp3) is 0.167. The lowest BCUT2D eigenvalue weighted by Gasteiger charge is -2.01. The van der Waals surface area contributed by atoms with E-state index < -0.39 is 0 Å². The highest BCUT2D eigenvalue weighted by Gasteiger charge is 2.13. The van der Waals surface area contributed by atoms with Crippen LogP contribution in [0.4, 0.5) is 0 Å². The molecular formula is C12H13N5O2. The first kappa shape index (κ1) is 11.5. The Labute approximate surface area is 107 Å². The zero-order chi connectivity index (χ0) is 13.6. The van der Waals surface area contributed by atoms with Crippen LogP contribution in [0.15, 0.2) is 27.8 Å². The summed E-state index contributed by atoms with van der Waals surface area (Å²) in [6.07, 6.45) is 0. The van der Waals surface area contributed by atoms with Crippen molar-refractivity contribution in [3.63, 3.8) is 0 Å². The van der Waals surface area contributed by atoms with Crippen LogP contribution in [-0.4, -0.2) is 19.7 Å². The summed E-state index contributed by atoms with van der Waals surface area (Å²) in [7, 11) is 1.64. The summed E-state index contributed by atoms with van der Waals surface area (Å²) < 4.78 is 1.39. The topological polar surface area (TPSA) is 112 Å². The molecule has 0 saturated heterocycles. The average Bonchev–Trinajstić information content (AvgIpc) is 2.89. The molecule has 98 valence electrons. The van der Waals surface area contributed by atoms with Crippen LogP contribution in [0.1, 0.15) is 5.56 Å². The van der Waals surface area contributed by atoms with Crippen molar-refractivity contribution in [3.8, 4) is 11.3 Å². The van der Waals surface area contributed by atoms with Crippen molar-refractivity contribution < 1.29 is 0 Å². The number of hydrogen-bond donors (Lipinski definition) is 4. The van der Waals surface area contributed by atoms with E-state index in [1.165, 1.54) is 4.68 Å². The molecule has 7 nitrogen and oxygen atoms in total. The number of nitrogens with one attached hydrogen (secondary N) is 3. The second kappa shape index (κ2) is 3.99. The maximum absolute atomic E-state index is 11.8.